The zero-order chi connectivity index (χ0) is 10.8. The molecular weight excluding hydrogens is 192 g/mol. The van der Waals surface area contributed by atoms with Crippen molar-refractivity contribution < 1.29 is 9.57 Å². The van der Waals surface area contributed by atoms with Crippen LogP contribution in [0.2, 0.25) is 0 Å². The van der Waals surface area contributed by atoms with E-state index >= 15 is 0 Å². The molecule has 0 radical (unpaired) electrons. The number of ether oxygens (including phenoxy) is 1. The summed E-state index contributed by atoms with van der Waals surface area (Å²) in [7, 11) is 3.74. The van der Waals surface area contributed by atoms with Crippen LogP contribution in [-0.2, 0) is 11.3 Å². The molecule has 15 heavy (non-hydrogen) atoms. The Hall–Kier alpha value is -1.26. The lowest BCUT2D eigenvalue weighted by atomic mass is 10.1. The summed E-state index contributed by atoms with van der Waals surface area (Å²) in [5, 5.41) is 0. The first-order chi connectivity index (χ1) is 7.26. The summed E-state index contributed by atoms with van der Waals surface area (Å²) < 4.78 is 5.20. The molecule has 1 aromatic carbocycles. The topological polar surface area (TPSA) is 47.7 Å². The molecule has 2 rings (SSSR count). The van der Waals surface area contributed by atoms with Crippen LogP contribution in [0.1, 0.15) is 5.56 Å². The minimum atomic E-state index is 0.331. The van der Waals surface area contributed by atoms with E-state index in [0.717, 1.165) is 12.2 Å². The summed E-state index contributed by atoms with van der Waals surface area (Å²) in [4.78, 5) is 6.91. The van der Waals surface area contributed by atoms with Gasteiger partial charge < -0.3 is 14.5 Å². The highest BCUT2D eigenvalue weighted by Gasteiger charge is 2.26. The zero-order valence-electron chi connectivity index (χ0n) is 9.06. The van der Waals surface area contributed by atoms with Gasteiger partial charge in [-0.3, -0.25) is 0 Å². The second kappa shape index (κ2) is 4.08. The van der Waals surface area contributed by atoms with E-state index in [1.807, 2.05) is 6.07 Å². The molecule has 1 atom stereocenters. The Labute approximate surface area is 89.5 Å². The van der Waals surface area contributed by atoms with Crippen LogP contribution in [0.3, 0.4) is 0 Å². The Morgan fingerprint density at radius 3 is 3.00 bits per heavy atom. The van der Waals surface area contributed by atoms with Crippen LogP contribution in [0.5, 0.6) is 5.75 Å². The van der Waals surface area contributed by atoms with Crippen molar-refractivity contribution in [3.63, 3.8) is 0 Å². The van der Waals surface area contributed by atoms with Gasteiger partial charge in [0, 0.05) is 12.7 Å². The van der Waals surface area contributed by atoms with Crippen LogP contribution in [0.4, 0.5) is 5.69 Å². The minimum absolute atomic E-state index is 0.331. The van der Waals surface area contributed by atoms with Crippen molar-refractivity contribution >= 4 is 5.69 Å². The van der Waals surface area contributed by atoms with Gasteiger partial charge in [-0.2, -0.15) is 0 Å². The molecule has 0 spiro atoms. The lowest BCUT2D eigenvalue weighted by Crippen LogP contribution is -2.33. The normalized spacial score (nSPS) is 19.1. The van der Waals surface area contributed by atoms with E-state index in [1.54, 1.807) is 7.11 Å². The molecule has 1 unspecified atom stereocenters. The molecule has 0 amide bonds. The Morgan fingerprint density at radius 1 is 1.53 bits per heavy atom. The van der Waals surface area contributed by atoms with Gasteiger partial charge in [-0.15, -0.1) is 0 Å². The largest absolute Gasteiger partial charge is 0.497 e. The molecule has 0 saturated heterocycles. The highest BCUT2D eigenvalue weighted by molar-refractivity contribution is 5.61. The molecule has 0 aromatic heterocycles. The fourth-order valence-electron chi connectivity index (χ4n) is 2.07. The van der Waals surface area contributed by atoms with E-state index in [4.69, 9.17) is 15.5 Å². The second-order valence-corrected chi connectivity index (χ2v) is 3.80. The average Bonchev–Trinajstić information content (AvgIpc) is 2.56. The van der Waals surface area contributed by atoms with Gasteiger partial charge in [0.25, 0.3) is 0 Å². The smallest absolute Gasteiger partial charge is 0.119 e. The first kappa shape index (κ1) is 10.3. The van der Waals surface area contributed by atoms with E-state index in [2.05, 4.69) is 24.1 Å². The van der Waals surface area contributed by atoms with Crippen LogP contribution >= 0.6 is 0 Å². The predicted molar refractivity (Wildman–Crippen MR) is 59.0 cm³/mol. The molecule has 4 heteroatoms. The summed E-state index contributed by atoms with van der Waals surface area (Å²) in [5.74, 6) is 6.01. The average molecular weight is 208 g/mol. The third kappa shape index (κ3) is 1.78. The van der Waals surface area contributed by atoms with Crippen LogP contribution in [0.25, 0.3) is 0 Å². The highest BCUT2D eigenvalue weighted by atomic mass is 16.6. The van der Waals surface area contributed by atoms with E-state index in [-0.39, 0.29) is 0 Å². The van der Waals surface area contributed by atoms with Crippen molar-refractivity contribution in [2.75, 3.05) is 25.7 Å². The van der Waals surface area contributed by atoms with Gasteiger partial charge in [0.05, 0.1) is 19.8 Å². The molecule has 0 aliphatic carbocycles. The SMILES string of the molecule is COc1ccc2c(c1)CC(CON)N2C. The number of hydrogen-bond donors (Lipinski definition) is 1. The first-order valence-electron chi connectivity index (χ1n) is 4.97. The first-order valence-corrected chi connectivity index (χ1v) is 4.97. The van der Waals surface area contributed by atoms with Crippen molar-refractivity contribution in [3.8, 4) is 5.75 Å². The van der Waals surface area contributed by atoms with Gasteiger partial charge >= 0.3 is 0 Å². The van der Waals surface area contributed by atoms with Gasteiger partial charge in [0.15, 0.2) is 0 Å². The number of likely N-dealkylation sites (N-methyl/N-ethyl adjacent to an activating group) is 1. The fourth-order valence-corrected chi connectivity index (χ4v) is 2.07. The van der Waals surface area contributed by atoms with E-state index in [1.165, 1.54) is 11.3 Å². The summed E-state index contributed by atoms with van der Waals surface area (Å²) in [6, 6.07) is 6.45. The number of benzene rings is 1. The molecular formula is C11H16N2O2. The van der Waals surface area contributed by atoms with Gasteiger partial charge in [-0.25, -0.2) is 5.90 Å². The quantitative estimate of drug-likeness (QED) is 0.751. The molecule has 0 saturated carbocycles. The molecule has 1 aliphatic heterocycles. The maximum absolute atomic E-state index is 5.20. The molecule has 82 valence electrons. The third-order valence-corrected chi connectivity index (χ3v) is 2.96. The number of anilines is 1. The number of fused-ring (bicyclic) bond motifs is 1. The number of nitrogens with zero attached hydrogens (tertiary/aromatic N) is 1. The van der Waals surface area contributed by atoms with Gasteiger partial charge in [-0.05, 0) is 30.2 Å². The molecule has 4 nitrogen and oxygen atoms in total. The Morgan fingerprint density at radius 2 is 2.33 bits per heavy atom. The summed E-state index contributed by atoms with van der Waals surface area (Å²) >= 11 is 0. The lowest BCUT2D eigenvalue weighted by Gasteiger charge is -2.21. The summed E-state index contributed by atoms with van der Waals surface area (Å²) in [5.41, 5.74) is 2.52. The monoisotopic (exact) mass is 208 g/mol. The van der Waals surface area contributed by atoms with Crippen molar-refractivity contribution in [1.29, 1.82) is 0 Å². The molecule has 0 fully saturated rings. The number of methoxy groups -OCH3 is 1. The molecule has 1 aromatic rings. The van der Waals surface area contributed by atoms with E-state index in [9.17, 15) is 0 Å². The summed E-state index contributed by atoms with van der Waals surface area (Å²) in [6.07, 6.45) is 0.959. The van der Waals surface area contributed by atoms with E-state index in [0.29, 0.717) is 12.6 Å². The Balaban J connectivity index is 2.24. The van der Waals surface area contributed by atoms with Gasteiger partial charge in [-0.1, -0.05) is 0 Å². The van der Waals surface area contributed by atoms with Crippen molar-refractivity contribution in [2.24, 2.45) is 5.90 Å². The Kier molecular flexibility index (Phi) is 2.79. The fraction of sp³-hybridized carbons (Fsp3) is 0.455. The van der Waals surface area contributed by atoms with Crippen molar-refractivity contribution in [2.45, 2.75) is 12.5 Å². The summed E-state index contributed by atoms with van der Waals surface area (Å²) in [6.45, 7) is 0.549. The third-order valence-electron chi connectivity index (χ3n) is 2.96. The molecule has 2 N–H and O–H groups in total. The standard InChI is InChI=1S/C11H16N2O2/c1-13-9(7-15-12)5-8-6-10(14-2)3-4-11(8)13/h3-4,6,9H,5,7,12H2,1-2H3. The van der Waals surface area contributed by atoms with Crippen LogP contribution < -0.4 is 15.5 Å². The van der Waals surface area contributed by atoms with Crippen LogP contribution in [-0.4, -0.2) is 26.8 Å². The molecule has 1 aliphatic rings. The minimum Gasteiger partial charge on any atom is -0.497 e. The van der Waals surface area contributed by atoms with Gasteiger partial charge in [0.1, 0.15) is 5.75 Å². The van der Waals surface area contributed by atoms with Crippen molar-refractivity contribution in [3.05, 3.63) is 23.8 Å². The van der Waals surface area contributed by atoms with Crippen molar-refractivity contribution in [1.82, 2.24) is 0 Å². The predicted octanol–water partition coefficient (Wildman–Crippen LogP) is 0.946. The van der Waals surface area contributed by atoms with Crippen LogP contribution in [0, 0.1) is 0 Å². The number of hydrogen-bond acceptors (Lipinski definition) is 4. The maximum Gasteiger partial charge on any atom is 0.119 e. The number of rotatable bonds is 3. The highest BCUT2D eigenvalue weighted by Crippen LogP contribution is 2.33. The number of nitrogens with two attached hydrogens (primary N) is 1. The van der Waals surface area contributed by atoms with Gasteiger partial charge in [0.2, 0.25) is 0 Å². The zero-order valence-corrected chi connectivity index (χ0v) is 9.06. The van der Waals surface area contributed by atoms with E-state index < -0.39 is 0 Å². The molecule has 0 bridgehead atoms. The lowest BCUT2D eigenvalue weighted by molar-refractivity contribution is 0.124. The molecule has 1 heterocycles. The Bertz CT molecular complexity index is 354. The second-order valence-electron chi connectivity index (χ2n) is 3.80. The van der Waals surface area contributed by atoms with Crippen LogP contribution in [0.15, 0.2) is 18.2 Å². The maximum atomic E-state index is 5.20.